The van der Waals surface area contributed by atoms with Gasteiger partial charge < -0.3 is 5.11 Å². The summed E-state index contributed by atoms with van der Waals surface area (Å²) in [5.41, 5.74) is 3.69. The molecular formula is C16H17N3O2. The Morgan fingerprint density at radius 1 is 1.14 bits per heavy atom. The van der Waals surface area contributed by atoms with Gasteiger partial charge in [0.15, 0.2) is 0 Å². The monoisotopic (exact) mass is 283 g/mol. The fourth-order valence-electron chi connectivity index (χ4n) is 2.59. The van der Waals surface area contributed by atoms with Crippen LogP contribution >= 0.6 is 0 Å². The van der Waals surface area contributed by atoms with Gasteiger partial charge in [-0.25, -0.2) is 4.98 Å². The molecule has 5 nitrogen and oxygen atoms in total. The first kappa shape index (κ1) is 13.7. The van der Waals surface area contributed by atoms with Crippen molar-refractivity contribution in [2.75, 3.05) is 6.61 Å². The summed E-state index contributed by atoms with van der Waals surface area (Å²) in [6, 6.07) is 4.04. The van der Waals surface area contributed by atoms with E-state index in [1.807, 2.05) is 26.0 Å². The molecule has 0 spiro atoms. The second-order valence-corrected chi connectivity index (χ2v) is 5.31. The van der Waals surface area contributed by atoms with Crippen molar-refractivity contribution in [2.24, 2.45) is 0 Å². The van der Waals surface area contributed by atoms with Crippen molar-refractivity contribution in [1.82, 2.24) is 14.5 Å². The molecule has 1 aromatic carbocycles. The van der Waals surface area contributed by atoms with Crippen LogP contribution in [0.15, 0.2) is 23.1 Å². The highest BCUT2D eigenvalue weighted by molar-refractivity contribution is 6.03. The Bertz CT molecular complexity index is 913. The molecule has 3 aromatic rings. The second-order valence-electron chi connectivity index (χ2n) is 5.31. The molecule has 5 heteroatoms. The molecule has 0 saturated heterocycles. The maximum atomic E-state index is 12.5. The van der Waals surface area contributed by atoms with Crippen LogP contribution in [0.1, 0.15) is 17.0 Å². The Kier molecular flexibility index (Phi) is 3.22. The molecule has 0 aliphatic rings. The first-order valence-electron chi connectivity index (χ1n) is 6.91. The van der Waals surface area contributed by atoms with Gasteiger partial charge in [0.2, 0.25) is 0 Å². The standard InChI is InChI=1S/C16H17N3O2/c1-9-6-12-14(7-10(9)2)17-8-13-15(12)18-11(3)19(4-5-20)16(13)21/h6-8,20H,4-5H2,1-3H3. The molecule has 0 aliphatic carbocycles. The molecule has 108 valence electrons. The third kappa shape index (κ3) is 2.10. The number of pyridine rings is 1. The zero-order chi connectivity index (χ0) is 15.1. The molecule has 0 amide bonds. The van der Waals surface area contributed by atoms with Crippen LogP contribution in [-0.2, 0) is 6.54 Å². The molecule has 2 aromatic heterocycles. The van der Waals surface area contributed by atoms with E-state index in [-0.39, 0.29) is 18.7 Å². The molecule has 1 N–H and O–H groups in total. The van der Waals surface area contributed by atoms with E-state index in [1.54, 1.807) is 13.1 Å². The van der Waals surface area contributed by atoms with E-state index in [4.69, 9.17) is 5.11 Å². The Morgan fingerprint density at radius 2 is 1.86 bits per heavy atom. The number of rotatable bonds is 2. The minimum absolute atomic E-state index is 0.0900. The summed E-state index contributed by atoms with van der Waals surface area (Å²) in [4.78, 5) is 21.5. The van der Waals surface area contributed by atoms with E-state index in [0.717, 1.165) is 16.5 Å². The lowest BCUT2D eigenvalue weighted by Gasteiger charge is -2.11. The summed E-state index contributed by atoms with van der Waals surface area (Å²) in [7, 11) is 0. The van der Waals surface area contributed by atoms with Gasteiger partial charge in [0, 0.05) is 11.6 Å². The van der Waals surface area contributed by atoms with Crippen molar-refractivity contribution in [1.29, 1.82) is 0 Å². The summed E-state index contributed by atoms with van der Waals surface area (Å²) < 4.78 is 1.48. The minimum atomic E-state index is -0.154. The summed E-state index contributed by atoms with van der Waals surface area (Å²) in [6.45, 7) is 6.02. The largest absolute Gasteiger partial charge is 0.395 e. The highest BCUT2D eigenvalue weighted by Gasteiger charge is 2.12. The number of nitrogens with zero attached hydrogens (tertiary/aromatic N) is 3. The maximum Gasteiger partial charge on any atom is 0.263 e. The van der Waals surface area contributed by atoms with Crippen molar-refractivity contribution in [3.05, 3.63) is 45.6 Å². The lowest BCUT2D eigenvalue weighted by molar-refractivity contribution is 0.272. The Balaban J connectivity index is 2.46. The second kappa shape index (κ2) is 4.93. The van der Waals surface area contributed by atoms with E-state index < -0.39 is 0 Å². The van der Waals surface area contributed by atoms with Gasteiger partial charge >= 0.3 is 0 Å². The van der Waals surface area contributed by atoms with Crippen LogP contribution in [0.4, 0.5) is 0 Å². The first-order valence-corrected chi connectivity index (χ1v) is 6.91. The highest BCUT2D eigenvalue weighted by Crippen LogP contribution is 2.23. The van der Waals surface area contributed by atoms with Crippen molar-refractivity contribution in [3.8, 4) is 0 Å². The third-order valence-electron chi connectivity index (χ3n) is 3.92. The fourth-order valence-corrected chi connectivity index (χ4v) is 2.59. The smallest absolute Gasteiger partial charge is 0.263 e. The Labute approximate surface area is 121 Å². The van der Waals surface area contributed by atoms with Crippen LogP contribution in [0.5, 0.6) is 0 Å². The quantitative estimate of drug-likeness (QED) is 0.729. The van der Waals surface area contributed by atoms with Gasteiger partial charge in [0.25, 0.3) is 5.56 Å². The molecule has 0 radical (unpaired) electrons. The van der Waals surface area contributed by atoms with E-state index in [2.05, 4.69) is 9.97 Å². The number of aromatic nitrogens is 3. The SMILES string of the molecule is Cc1cc2ncc3c(=O)n(CCO)c(C)nc3c2cc1C. The van der Waals surface area contributed by atoms with Gasteiger partial charge in [-0.05, 0) is 44.0 Å². The van der Waals surface area contributed by atoms with Crippen LogP contribution in [0.3, 0.4) is 0 Å². The number of aryl methyl sites for hydroxylation is 3. The van der Waals surface area contributed by atoms with Gasteiger partial charge in [-0.2, -0.15) is 0 Å². The van der Waals surface area contributed by atoms with E-state index >= 15 is 0 Å². The van der Waals surface area contributed by atoms with E-state index in [1.165, 1.54) is 10.1 Å². The normalized spacial score (nSPS) is 11.4. The van der Waals surface area contributed by atoms with Crippen LogP contribution in [0.25, 0.3) is 21.8 Å². The number of hydrogen-bond acceptors (Lipinski definition) is 4. The molecule has 0 unspecified atom stereocenters. The van der Waals surface area contributed by atoms with Crippen molar-refractivity contribution in [2.45, 2.75) is 27.3 Å². The molecule has 0 atom stereocenters. The zero-order valence-electron chi connectivity index (χ0n) is 12.3. The molecule has 3 rings (SSSR count). The van der Waals surface area contributed by atoms with Crippen LogP contribution in [0, 0.1) is 20.8 Å². The van der Waals surface area contributed by atoms with Crippen molar-refractivity contribution < 1.29 is 5.11 Å². The van der Waals surface area contributed by atoms with Gasteiger partial charge in [-0.15, -0.1) is 0 Å². The number of hydrogen-bond donors (Lipinski definition) is 1. The molecular weight excluding hydrogens is 266 g/mol. The fraction of sp³-hybridized carbons (Fsp3) is 0.312. The number of aliphatic hydroxyl groups excluding tert-OH is 1. The maximum absolute atomic E-state index is 12.5. The summed E-state index contributed by atoms with van der Waals surface area (Å²) in [5.74, 6) is 0.604. The minimum Gasteiger partial charge on any atom is -0.395 e. The number of fused-ring (bicyclic) bond motifs is 3. The molecule has 0 aliphatic heterocycles. The summed E-state index contributed by atoms with van der Waals surface area (Å²) in [6.07, 6.45) is 1.58. The average molecular weight is 283 g/mol. The Morgan fingerprint density at radius 3 is 2.57 bits per heavy atom. The average Bonchev–Trinajstić information content (AvgIpc) is 2.45. The molecule has 0 bridgehead atoms. The van der Waals surface area contributed by atoms with Gasteiger partial charge in [-0.1, -0.05) is 0 Å². The topological polar surface area (TPSA) is 68.0 Å². The number of benzene rings is 1. The summed E-state index contributed by atoms with van der Waals surface area (Å²) >= 11 is 0. The van der Waals surface area contributed by atoms with E-state index in [0.29, 0.717) is 16.7 Å². The van der Waals surface area contributed by atoms with Gasteiger partial charge in [0.1, 0.15) is 5.82 Å². The molecule has 2 heterocycles. The predicted molar refractivity (Wildman–Crippen MR) is 82.6 cm³/mol. The van der Waals surface area contributed by atoms with Crippen molar-refractivity contribution >= 4 is 21.8 Å². The number of aliphatic hydroxyl groups is 1. The van der Waals surface area contributed by atoms with Crippen LogP contribution in [0.2, 0.25) is 0 Å². The van der Waals surface area contributed by atoms with Crippen LogP contribution in [-0.4, -0.2) is 26.2 Å². The Hall–Kier alpha value is -2.27. The lowest BCUT2D eigenvalue weighted by Crippen LogP contribution is -2.25. The van der Waals surface area contributed by atoms with Crippen LogP contribution < -0.4 is 5.56 Å². The van der Waals surface area contributed by atoms with Crippen molar-refractivity contribution in [3.63, 3.8) is 0 Å². The molecule has 0 fully saturated rings. The third-order valence-corrected chi connectivity index (χ3v) is 3.92. The zero-order valence-corrected chi connectivity index (χ0v) is 12.3. The molecule has 21 heavy (non-hydrogen) atoms. The highest BCUT2D eigenvalue weighted by atomic mass is 16.3. The molecule has 0 saturated carbocycles. The van der Waals surface area contributed by atoms with Gasteiger partial charge in [0.05, 0.1) is 29.6 Å². The lowest BCUT2D eigenvalue weighted by atomic mass is 10.0. The first-order chi connectivity index (χ1) is 10.0. The predicted octanol–water partition coefficient (Wildman–Crippen LogP) is 1.86. The summed E-state index contributed by atoms with van der Waals surface area (Å²) in [5, 5.41) is 10.5. The van der Waals surface area contributed by atoms with Gasteiger partial charge in [-0.3, -0.25) is 14.3 Å². The van der Waals surface area contributed by atoms with E-state index in [9.17, 15) is 4.79 Å².